The van der Waals surface area contributed by atoms with Gasteiger partial charge in [-0.05, 0) is 97.2 Å². The average molecular weight is 495 g/mol. The third-order valence-electron chi connectivity index (χ3n) is 11.4. The molecule has 0 radical (unpaired) electrons. The summed E-state index contributed by atoms with van der Waals surface area (Å²) in [5.41, 5.74) is 0.395. The van der Waals surface area contributed by atoms with Crippen molar-refractivity contribution in [2.75, 3.05) is 27.1 Å². The van der Waals surface area contributed by atoms with Gasteiger partial charge in [0.1, 0.15) is 6.79 Å². The second-order valence-electron chi connectivity index (χ2n) is 12.9. The van der Waals surface area contributed by atoms with Crippen LogP contribution in [0.5, 0.6) is 0 Å². The van der Waals surface area contributed by atoms with Gasteiger partial charge in [0.25, 0.3) is 0 Å². The minimum Gasteiger partial charge on any atom is -0.481 e. The van der Waals surface area contributed by atoms with Crippen LogP contribution in [0.15, 0.2) is 0 Å². The Balaban J connectivity index is 1.50. The molecule has 4 aliphatic carbocycles. The number of aliphatic hydroxyl groups is 1. The van der Waals surface area contributed by atoms with E-state index in [9.17, 15) is 15.0 Å². The summed E-state index contributed by atoms with van der Waals surface area (Å²) >= 11 is 0. The first kappa shape index (κ1) is 27.3. The molecule has 2 N–H and O–H groups in total. The molecule has 4 aliphatic rings. The first-order chi connectivity index (χ1) is 16.7. The van der Waals surface area contributed by atoms with Crippen LogP contribution in [0.1, 0.15) is 85.5 Å². The van der Waals surface area contributed by atoms with E-state index in [4.69, 9.17) is 14.2 Å². The molecule has 4 rings (SSSR count). The van der Waals surface area contributed by atoms with Crippen LogP contribution in [-0.4, -0.2) is 55.5 Å². The summed E-state index contributed by atoms with van der Waals surface area (Å²) in [6.45, 7) is 10.8. The zero-order chi connectivity index (χ0) is 25.4. The number of carboxylic acid groups (broad SMARTS) is 1. The molecule has 11 atom stereocenters. The van der Waals surface area contributed by atoms with Crippen LogP contribution >= 0.6 is 0 Å². The summed E-state index contributed by atoms with van der Waals surface area (Å²) in [5, 5.41) is 21.4. The zero-order valence-electron chi connectivity index (χ0n) is 22.7. The van der Waals surface area contributed by atoms with E-state index in [2.05, 4.69) is 27.7 Å². The lowest BCUT2D eigenvalue weighted by molar-refractivity contribution is -0.213. The molecule has 0 spiro atoms. The summed E-state index contributed by atoms with van der Waals surface area (Å²) < 4.78 is 16.8. The number of ether oxygens (including phenoxy) is 3. The molecule has 0 bridgehead atoms. The number of aliphatic carboxylic acids is 1. The molecule has 0 aromatic heterocycles. The van der Waals surface area contributed by atoms with E-state index < -0.39 is 5.97 Å². The maximum atomic E-state index is 11.9. The van der Waals surface area contributed by atoms with Crippen LogP contribution in [-0.2, 0) is 19.0 Å². The molecule has 0 heterocycles. The molecule has 4 saturated carbocycles. The average Bonchev–Trinajstić information content (AvgIpc) is 3.16. The van der Waals surface area contributed by atoms with Gasteiger partial charge in [-0.3, -0.25) is 4.79 Å². The molecular weight excluding hydrogens is 444 g/mol. The third-order valence-corrected chi connectivity index (χ3v) is 11.4. The van der Waals surface area contributed by atoms with Crippen LogP contribution in [0.4, 0.5) is 0 Å². The summed E-state index contributed by atoms with van der Waals surface area (Å²) in [4.78, 5) is 11.5. The number of methoxy groups -OCH3 is 1. The molecule has 0 amide bonds. The lowest BCUT2D eigenvalue weighted by Gasteiger charge is -2.65. The largest absolute Gasteiger partial charge is 0.481 e. The van der Waals surface area contributed by atoms with Gasteiger partial charge in [-0.15, -0.1) is 0 Å². The van der Waals surface area contributed by atoms with Crippen LogP contribution in [0.2, 0.25) is 0 Å². The van der Waals surface area contributed by atoms with Crippen molar-refractivity contribution in [2.45, 2.75) is 97.7 Å². The molecule has 35 heavy (non-hydrogen) atoms. The Kier molecular flexibility index (Phi) is 8.57. The zero-order valence-corrected chi connectivity index (χ0v) is 22.7. The quantitative estimate of drug-likeness (QED) is 0.314. The highest BCUT2D eigenvalue weighted by atomic mass is 16.7. The molecule has 6 heteroatoms. The van der Waals surface area contributed by atoms with Gasteiger partial charge in [0.15, 0.2) is 0 Å². The normalized spacial score (nSPS) is 45.9. The van der Waals surface area contributed by atoms with Crippen molar-refractivity contribution in [3.05, 3.63) is 0 Å². The maximum Gasteiger partial charge on any atom is 0.303 e. The summed E-state index contributed by atoms with van der Waals surface area (Å²) in [6.07, 6.45) is 9.04. The van der Waals surface area contributed by atoms with E-state index in [1.165, 1.54) is 12.8 Å². The second kappa shape index (κ2) is 11.0. The fraction of sp³-hybridized carbons (Fsp3) is 0.966. The molecule has 0 aromatic rings. The highest BCUT2D eigenvalue weighted by molar-refractivity contribution is 5.67. The standard InChI is InChI=1S/C29H50O6/c1-6-20-24-16-19(35-17-34-14-13-33-5)9-11-29(24,4)23-10-12-28(3)21(18(2)15-25(30)31)7-8-22(28)26(23)27(20)32/h18-24,26-27,32H,6-17H2,1-5H3,(H,30,31)/t18-,19-,20-,21-,22+,23+,24?,26+,27-,28?,29?/m1/s1. The van der Waals surface area contributed by atoms with E-state index in [-0.39, 0.29) is 35.4 Å². The Morgan fingerprint density at radius 1 is 1.03 bits per heavy atom. The Morgan fingerprint density at radius 3 is 2.43 bits per heavy atom. The van der Waals surface area contributed by atoms with E-state index in [1.54, 1.807) is 7.11 Å². The van der Waals surface area contributed by atoms with E-state index in [0.717, 1.165) is 38.5 Å². The van der Waals surface area contributed by atoms with Gasteiger partial charge >= 0.3 is 5.97 Å². The van der Waals surface area contributed by atoms with Gasteiger partial charge in [-0.25, -0.2) is 0 Å². The number of hydrogen-bond donors (Lipinski definition) is 2. The smallest absolute Gasteiger partial charge is 0.303 e. The van der Waals surface area contributed by atoms with Crippen molar-refractivity contribution in [3.8, 4) is 0 Å². The van der Waals surface area contributed by atoms with Gasteiger partial charge in [-0.2, -0.15) is 0 Å². The molecule has 0 aromatic carbocycles. The van der Waals surface area contributed by atoms with Crippen molar-refractivity contribution >= 4 is 5.97 Å². The SMILES string of the molecule is CC[C@@H]1C2C[C@H](OCOCCOC)CCC2(C)[C@H]2CCC3(C)[C@@H]([C@H](C)CC(=O)O)CC[C@H]3[C@@H]2[C@@H]1O. The van der Waals surface area contributed by atoms with E-state index in [1.807, 2.05) is 0 Å². The number of carboxylic acids is 1. The maximum absolute atomic E-state index is 11.9. The van der Waals surface area contributed by atoms with Gasteiger partial charge < -0.3 is 24.4 Å². The third kappa shape index (κ3) is 4.94. The van der Waals surface area contributed by atoms with Gasteiger partial charge in [0, 0.05) is 13.5 Å². The lowest BCUT2D eigenvalue weighted by Crippen LogP contribution is -2.62. The van der Waals surface area contributed by atoms with E-state index >= 15 is 0 Å². The van der Waals surface area contributed by atoms with Crippen molar-refractivity contribution < 1.29 is 29.2 Å². The Hall–Kier alpha value is -0.690. The highest BCUT2D eigenvalue weighted by Gasteiger charge is 2.65. The van der Waals surface area contributed by atoms with E-state index in [0.29, 0.717) is 55.5 Å². The predicted octanol–water partition coefficient (Wildman–Crippen LogP) is 5.37. The minimum atomic E-state index is -0.680. The molecule has 4 fully saturated rings. The number of rotatable bonds is 10. The second-order valence-corrected chi connectivity index (χ2v) is 12.9. The fourth-order valence-corrected chi connectivity index (χ4v) is 9.83. The molecule has 0 aliphatic heterocycles. The molecule has 0 saturated heterocycles. The summed E-state index contributed by atoms with van der Waals surface area (Å²) in [7, 11) is 1.68. The fourth-order valence-electron chi connectivity index (χ4n) is 9.83. The molecule has 3 unspecified atom stereocenters. The Labute approximate surface area is 212 Å². The molecular formula is C29H50O6. The monoisotopic (exact) mass is 494 g/mol. The first-order valence-corrected chi connectivity index (χ1v) is 14.3. The van der Waals surface area contributed by atoms with Gasteiger partial charge in [0.2, 0.25) is 0 Å². The molecule has 202 valence electrons. The Morgan fingerprint density at radius 2 is 1.74 bits per heavy atom. The number of carbonyl (C=O) groups is 1. The van der Waals surface area contributed by atoms with Crippen molar-refractivity contribution in [3.63, 3.8) is 0 Å². The Bertz CT molecular complexity index is 728. The van der Waals surface area contributed by atoms with Crippen LogP contribution in [0.3, 0.4) is 0 Å². The van der Waals surface area contributed by atoms with Crippen molar-refractivity contribution in [2.24, 2.45) is 52.3 Å². The van der Waals surface area contributed by atoms with Crippen LogP contribution < -0.4 is 0 Å². The molecule has 6 nitrogen and oxygen atoms in total. The van der Waals surface area contributed by atoms with Gasteiger partial charge in [0.05, 0.1) is 25.4 Å². The topological polar surface area (TPSA) is 85.2 Å². The first-order valence-electron chi connectivity index (χ1n) is 14.3. The van der Waals surface area contributed by atoms with Crippen LogP contribution in [0.25, 0.3) is 0 Å². The number of aliphatic hydroxyl groups excluding tert-OH is 1. The highest BCUT2D eigenvalue weighted by Crippen LogP contribution is 2.69. The summed E-state index contributed by atoms with van der Waals surface area (Å²) in [6, 6.07) is 0. The van der Waals surface area contributed by atoms with Crippen LogP contribution in [0, 0.1) is 52.3 Å². The van der Waals surface area contributed by atoms with Gasteiger partial charge in [-0.1, -0.05) is 34.1 Å². The number of fused-ring (bicyclic) bond motifs is 5. The lowest BCUT2D eigenvalue weighted by atomic mass is 9.41. The van der Waals surface area contributed by atoms with Crippen molar-refractivity contribution in [1.82, 2.24) is 0 Å². The minimum absolute atomic E-state index is 0.151. The predicted molar refractivity (Wildman–Crippen MR) is 135 cm³/mol. The summed E-state index contributed by atoms with van der Waals surface area (Å²) in [5.74, 6) is 2.16. The number of hydrogen-bond acceptors (Lipinski definition) is 5. The van der Waals surface area contributed by atoms with Crippen molar-refractivity contribution in [1.29, 1.82) is 0 Å².